The second-order valence-electron chi connectivity index (χ2n) is 5.20. The molecule has 1 saturated heterocycles. The van der Waals surface area contributed by atoms with E-state index in [0.717, 1.165) is 12.2 Å². The number of aromatic nitrogens is 2. The predicted molar refractivity (Wildman–Crippen MR) is 93.1 cm³/mol. The zero-order valence-electron chi connectivity index (χ0n) is 11.8. The predicted octanol–water partition coefficient (Wildman–Crippen LogP) is 2.92. The summed E-state index contributed by atoms with van der Waals surface area (Å²) in [7, 11) is 0. The SMILES string of the molecule is CC(C)Cn1ncc(NCC2CSCCS2)c(Br)c1=O. The van der Waals surface area contributed by atoms with E-state index in [0.29, 0.717) is 22.2 Å². The summed E-state index contributed by atoms with van der Waals surface area (Å²) in [5.74, 6) is 4.04. The van der Waals surface area contributed by atoms with Crippen molar-refractivity contribution in [3.05, 3.63) is 21.0 Å². The molecule has 1 aromatic rings. The highest BCUT2D eigenvalue weighted by Gasteiger charge is 2.15. The van der Waals surface area contributed by atoms with Crippen LogP contribution in [0.4, 0.5) is 5.69 Å². The minimum atomic E-state index is -0.0608. The van der Waals surface area contributed by atoms with Crippen LogP contribution in [0.25, 0.3) is 0 Å². The quantitative estimate of drug-likeness (QED) is 0.854. The van der Waals surface area contributed by atoms with Crippen LogP contribution in [-0.2, 0) is 6.54 Å². The lowest BCUT2D eigenvalue weighted by atomic mass is 10.2. The molecule has 0 radical (unpaired) electrons. The molecule has 1 fully saturated rings. The number of halogens is 1. The Balaban J connectivity index is 2.01. The molecular formula is C13H20BrN3OS2. The molecule has 1 unspecified atom stereocenters. The van der Waals surface area contributed by atoms with Gasteiger partial charge in [0.05, 0.1) is 11.9 Å². The van der Waals surface area contributed by atoms with Crippen LogP contribution < -0.4 is 10.9 Å². The summed E-state index contributed by atoms with van der Waals surface area (Å²) in [6, 6.07) is 0. The van der Waals surface area contributed by atoms with Crippen LogP contribution in [0.3, 0.4) is 0 Å². The maximum Gasteiger partial charge on any atom is 0.283 e. The van der Waals surface area contributed by atoms with E-state index in [1.807, 2.05) is 23.5 Å². The Bertz CT molecular complexity index is 501. The van der Waals surface area contributed by atoms with Gasteiger partial charge in [0.15, 0.2) is 0 Å². The van der Waals surface area contributed by atoms with Crippen molar-refractivity contribution in [3.8, 4) is 0 Å². The largest absolute Gasteiger partial charge is 0.382 e. The van der Waals surface area contributed by atoms with E-state index in [1.165, 1.54) is 21.9 Å². The first kappa shape index (κ1) is 16.2. The van der Waals surface area contributed by atoms with Gasteiger partial charge in [0.25, 0.3) is 5.56 Å². The molecular weight excluding hydrogens is 358 g/mol. The Hall–Kier alpha value is -0.140. The van der Waals surface area contributed by atoms with Gasteiger partial charge in [-0.25, -0.2) is 4.68 Å². The molecule has 1 aliphatic rings. The highest BCUT2D eigenvalue weighted by molar-refractivity contribution is 9.10. The van der Waals surface area contributed by atoms with E-state index >= 15 is 0 Å². The van der Waals surface area contributed by atoms with E-state index in [2.05, 4.69) is 40.2 Å². The Morgan fingerprint density at radius 2 is 2.35 bits per heavy atom. The number of hydrogen-bond donors (Lipinski definition) is 1. The van der Waals surface area contributed by atoms with Crippen molar-refractivity contribution in [2.45, 2.75) is 25.6 Å². The van der Waals surface area contributed by atoms with Crippen molar-refractivity contribution >= 4 is 45.1 Å². The first-order chi connectivity index (χ1) is 9.58. The van der Waals surface area contributed by atoms with Gasteiger partial charge >= 0.3 is 0 Å². The molecule has 0 aromatic carbocycles. The van der Waals surface area contributed by atoms with Gasteiger partial charge in [-0.3, -0.25) is 4.79 Å². The summed E-state index contributed by atoms with van der Waals surface area (Å²) in [6.45, 7) is 5.68. The maximum absolute atomic E-state index is 12.2. The summed E-state index contributed by atoms with van der Waals surface area (Å²) < 4.78 is 2.10. The third-order valence-corrected chi connectivity index (χ3v) is 6.54. The van der Waals surface area contributed by atoms with E-state index in [-0.39, 0.29) is 5.56 Å². The minimum absolute atomic E-state index is 0.0608. The fourth-order valence-electron chi connectivity index (χ4n) is 1.94. The number of anilines is 1. The summed E-state index contributed by atoms with van der Waals surface area (Å²) in [6.07, 6.45) is 1.74. The Morgan fingerprint density at radius 3 is 3.00 bits per heavy atom. The molecule has 0 bridgehead atoms. The molecule has 1 aliphatic heterocycles. The van der Waals surface area contributed by atoms with Gasteiger partial charge in [-0.2, -0.15) is 28.6 Å². The molecule has 20 heavy (non-hydrogen) atoms. The summed E-state index contributed by atoms with van der Waals surface area (Å²) in [5, 5.41) is 8.20. The Labute approximate surface area is 136 Å². The average molecular weight is 378 g/mol. The topological polar surface area (TPSA) is 46.9 Å². The highest BCUT2D eigenvalue weighted by atomic mass is 79.9. The molecule has 2 rings (SSSR count). The van der Waals surface area contributed by atoms with Gasteiger partial charge in [-0.1, -0.05) is 13.8 Å². The first-order valence-corrected chi connectivity index (χ1v) is 9.76. The number of rotatable bonds is 5. The molecule has 4 nitrogen and oxygen atoms in total. The first-order valence-electron chi connectivity index (χ1n) is 6.76. The van der Waals surface area contributed by atoms with Crippen molar-refractivity contribution in [3.63, 3.8) is 0 Å². The van der Waals surface area contributed by atoms with Gasteiger partial charge in [0.1, 0.15) is 4.47 Å². The fourth-order valence-corrected chi connectivity index (χ4v) is 5.00. The average Bonchev–Trinajstić information content (AvgIpc) is 2.44. The molecule has 1 N–H and O–H groups in total. The third kappa shape index (κ3) is 4.43. The van der Waals surface area contributed by atoms with Crippen molar-refractivity contribution in [2.24, 2.45) is 5.92 Å². The molecule has 0 saturated carbocycles. The summed E-state index contributed by atoms with van der Waals surface area (Å²) in [5.41, 5.74) is 0.737. The maximum atomic E-state index is 12.2. The fraction of sp³-hybridized carbons (Fsp3) is 0.692. The number of thioether (sulfide) groups is 2. The highest BCUT2D eigenvalue weighted by Crippen LogP contribution is 2.25. The van der Waals surface area contributed by atoms with E-state index in [9.17, 15) is 4.79 Å². The second-order valence-corrected chi connectivity index (χ2v) is 8.55. The van der Waals surface area contributed by atoms with Crippen molar-refractivity contribution in [2.75, 3.05) is 29.1 Å². The van der Waals surface area contributed by atoms with Crippen molar-refractivity contribution < 1.29 is 0 Å². The number of nitrogens with one attached hydrogen (secondary N) is 1. The molecule has 0 aliphatic carbocycles. The van der Waals surface area contributed by atoms with Gasteiger partial charge < -0.3 is 5.32 Å². The molecule has 2 heterocycles. The lowest BCUT2D eigenvalue weighted by Crippen LogP contribution is -2.28. The second kappa shape index (κ2) is 7.75. The van der Waals surface area contributed by atoms with Gasteiger partial charge in [-0.05, 0) is 21.8 Å². The molecule has 1 aromatic heterocycles. The Morgan fingerprint density at radius 1 is 1.55 bits per heavy atom. The Kier molecular flexibility index (Phi) is 6.29. The standard InChI is InChI=1S/C13H20BrN3OS2/c1-9(2)7-17-13(18)12(14)11(6-16-17)15-5-10-8-19-3-4-20-10/h6,9-10,15H,3-5,7-8H2,1-2H3. The lowest BCUT2D eigenvalue weighted by molar-refractivity contribution is 0.462. The molecule has 0 spiro atoms. The molecule has 7 heteroatoms. The van der Waals surface area contributed by atoms with Crippen LogP contribution in [0.15, 0.2) is 15.5 Å². The van der Waals surface area contributed by atoms with Crippen LogP contribution in [0, 0.1) is 5.92 Å². The van der Waals surface area contributed by atoms with E-state index in [1.54, 1.807) is 6.20 Å². The smallest absolute Gasteiger partial charge is 0.283 e. The van der Waals surface area contributed by atoms with Crippen LogP contribution >= 0.6 is 39.5 Å². The minimum Gasteiger partial charge on any atom is -0.382 e. The monoisotopic (exact) mass is 377 g/mol. The molecule has 112 valence electrons. The van der Waals surface area contributed by atoms with Gasteiger partial charge in [0.2, 0.25) is 0 Å². The normalized spacial score (nSPS) is 19.3. The zero-order valence-corrected chi connectivity index (χ0v) is 15.0. The number of hydrogen-bond acceptors (Lipinski definition) is 5. The molecule has 0 amide bonds. The lowest BCUT2D eigenvalue weighted by Gasteiger charge is -2.22. The summed E-state index contributed by atoms with van der Waals surface area (Å²) >= 11 is 7.40. The van der Waals surface area contributed by atoms with E-state index < -0.39 is 0 Å². The number of nitrogens with zero attached hydrogens (tertiary/aromatic N) is 2. The van der Waals surface area contributed by atoms with Gasteiger partial charge in [-0.15, -0.1) is 0 Å². The van der Waals surface area contributed by atoms with E-state index in [4.69, 9.17) is 0 Å². The molecule has 1 atom stereocenters. The van der Waals surface area contributed by atoms with Crippen LogP contribution in [0.2, 0.25) is 0 Å². The van der Waals surface area contributed by atoms with Crippen LogP contribution in [0.1, 0.15) is 13.8 Å². The van der Waals surface area contributed by atoms with Gasteiger partial charge in [0, 0.05) is 35.6 Å². The van der Waals surface area contributed by atoms with Crippen LogP contribution in [-0.4, -0.2) is 38.8 Å². The van der Waals surface area contributed by atoms with Crippen LogP contribution in [0.5, 0.6) is 0 Å². The zero-order chi connectivity index (χ0) is 14.5. The summed E-state index contributed by atoms with van der Waals surface area (Å²) in [4.78, 5) is 12.2. The van der Waals surface area contributed by atoms with Crippen molar-refractivity contribution in [1.29, 1.82) is 0 Å². The third-order valence-electron chi connectivity index (χ3n) is 2.93. The van der Waals surface area contributed by atoms with Crippen molar-refractivity contribution in [1.82, 2.24) is 9.78 Å².